The fourth-order valence-electron chi connectivity index (χ4n) is 3.44. The van der Waals surface area contributed by atoms with E-state index in [1.165, 1.54) is 18.2 Å². The number of hydrogen-bond acceptors (Lipinski definition) is 4. The lowest BCUT2D eigenvalue weighted by molar-refractivity contribution is -0.122. The third kappa shape index (κ3) is 5.19. The van der Waals surface area contributed by atoms with E-state index >= 15 is 0 Å². The number of aromatic hydroxyl groups is 1. The van der Waals surface area contributed by atoms with Crippen LogP contribution in [0, 0.1) is 11.6 Å². The lowest BCUT2D eigenvalue weighted by Crippen LogP contribution is -2.50. The smallest absolute Gasteiger partial charge is 0.234 e. The Morgan fingerprint density at radius 2 is 1.68 bits per heavy atom. The topological polar surface area (TPSA) is 55.8 Å². The van der Waals surface area contributed by atoms with Crippen molar-refractivity contribution in [2.24, 2.45) is 0 Å². The highest BCUT2D eigenvalue weighted by molar-refractivity contribution is 5.78. The van der Waals surface area contributed by atoms with Crippen LogP contribution in [0.3, 0.4) is 0 Å². The van der Waals surface area contributed by atoms with E-state index in [9.17, 15) is 18.7 Å². The number of rotatable bonds is 6. The van der Waals surface area contributed by atoms with Gasteiger partial charge < -0.3 is 15.3 Å². The molecule has 7 heteroatoms. The van der Waals surface area contributed by atoms with Gasteiger partial charge in [0.1, 0.15) is 17.4 Å². The van der Waals surface area contributed by atoms with Crippen LogP contribution in [-0.2, 0) is 11.2 Å². The molecule has 0 radical (unpaired) electrons. The van der Waals surface area contributed by atoms with Crippen LogP contribution in [0.15, 0.2) is 42.5 Å². The number of carbonyl (C=O) groups is 1. The number of phenolic OH excluding ortho intramolecular Hbond substituents is 1. The van der Waals surface area contributed by atoms with E-state index in [0.29, 0.717) is 0 Å². The summed E-state index contributed by atoms with van der Waals surface area (Å²) in [5.74, 6) is -1.09. The minimum Gasteiger partial charge on any atom is -0.508 e. The Bertz CT molecular complexity index is 786. The fourth-order valence-corrected chi connectivity index (χ4v) is 3.44. The van der Waals surface area contributed by atoms with E-state index in [1.54, 1.807) is 19.1 Å². The zero-order valence-corrected chi connectivity index (χ0v) is 15.9. The predicted molar refractivity (Wildman–Crippen MR) is 104 cm³/mol. The van der Waals surface area contributed by atoms with Crippen molar-refractivity contribution in [3.05, 3.63) is 59.7 Å². The number of phenols is 1. The van der Waals surface area contributed by atoms with Crippen LogP contribution in [0.5, 0.6) is 5.75 Å². The Hall–Kier alpha value is -2.67. The molecule has 1 saturated heterocycles. The van der Waals surface area contributed by atoms with E-state index in [-0.39, 0.29) is 36.2 Å². The van der Waals surface area contributed by atoms with E-state index in [4.69, 9.17) is 0 Å². The van der Waals surface area contributed by atoms with Crippen molar-refractivity contribution >= 4 is 11.6 Å². The number of amides is 1. The van der Waals surface area contributed by atoms with Crippen molar-refractivity contribution < 1.29 is 18.7 Å². The largest absolute Gasteiger partial charge is 0.508 e. The van der Waals surface area contributed by atoms with Crippen molar-refractivity contribution in [2.45, 2.75) is 19.4 Å². The average molecular weight is 389 g/mol. The van der Waals surface area contributed by atoms with Gasteiger partial charge >= 0.3 is 0 Å². The summed E-state index contributed by atoms with van der Waals surface area (Å²) >= 11 is 0. The maximum absolute atomic E-state index is 13.7. The molecule has 1 unspecified atom stereocenters. The van der Waals surface area contributed by atoms with Crippen LogP contribution >= 0.6 is 0 Å². The highest BCUT2D eigenvalue weighted by atomic mass is 19.1. The Labute approximate surface area is 163 Å². The molecular weight excluding hydrogens is 364 g/mol. The molecule has 150 valence electrons. The van der Waals surface area contributed by atoms with Crippen molar-refractivity contribution in [1.82, 2.24) is 10.2 Å². The van der Waals surface area contributed by atoms with Crippen LogP contribution in [-0.4, -0.2) is 54.7 Å². The molecular formula is C21H25F2N3O2. The first kappa shape index (κ1) is 20.1. The van der Waals surface area contributed by atoms with Crippen LogP contribution in [0.4, 0.5) is 14.5 Å². The number of anilines is 1. The Morgan fingerprint density at radius 3 is 2.29 bits per heavy atom. The second-order valence-corrected chi connectivity index (χ2v) is 7.15. The van der Waals surface area contributed by atoms with Crippen molar-refractivity contribution in [1.29, 1.82) is 0 Å². The molecule has 0 aliphatic carbocycles. The number of hydrogen-bond donors (Lipinski definition) is 2. The zero-order valence-electron chi connectivity index (χ0n) is 15.9. The molecule has 3 rings (SSSR count). The number of nitrogens with one attached hydrogen (secondary N) is 1. The standard InChI is InChI=1S/C21H25F2N3O2/c1-15(13-18-19(22)3-2-4-20(18)23)24-21(28)14-25-9-11-26(12-10-25)16-5-7-17(27)8-6-16/h2-8,15,27H,9-14H2,1H3,(H,24,28). The third-order valence-corrected chi connectivity index (χ3v) is 4.93. The van der Waals surface area contributed by atoms with Gasteiger partial charge in [0, 0.05) is 43.5 Å². The summed E-state index contributed by atoms with van der Waals surface area (Å²) in [6.45, 7) is 5.05. The Balaban J connectivity index is 1.45. The summed E-state index contributed by atoms with van der Waals surface area (Å²) in [7, 11) is 0. The van der Waals surface area contributed by atoms with E-state index in [1.807, 2.05) is 12.1 Å². The van der Waals surface area contributed by atoms with Gasteiger partial charge in [0.05, 0.1) is 6.54 Å². The normalized spacial score (nSPS) is 16.0. The van der Waals surface area contributed by atoms with Crippen molar-refractivity contribution in [3.63, 3.8) is 0 Å². The fraction of sp³-hybridized carbons (Fsp3) is 0.381. The summed E-state index contributed by atoms with van der Waals surface area (Å²) in [4.78, 5) is 16.6. The quantitative estimate of drug-likeness (QED) is 0.797. The molecule has 0 bridgehead atoms. The molecule has 0 aromatic heterocycles. The maximum atomic E-state index is 13.7. The van der Waals surface area contributed by atoms with E-state index < -0.39 is 11.6 Å². The predicted octanol–water partition coefficient (Wildman–Crippen LogP) is 2.54. The summed E-state index contributed by atoms with van der Waals surface area (Å²) in [5.41, 5.74) is 1.04. The highest BCUT2D eigenvalue weighted by Gasteiger charge is 2.20. The van der Waals surface area contributed by atoms with Crippen LogP contribution < -0.4 is 10.2 Å². The Morgan fingerprint density at radius 1 is 1.07 bits per heavy atom. The molecule has 2 aromatic carbocycles. The van der Waals surface area contributed by atoms with Crippen LogP contribution in [0.25, 0.3) is 0 Å². The SMILES string of the molecule is CC(Cc1c(F)cccc1F)NC(=O)CN1CCN(c2ccc(O)cc2)CC1. The molecule has 0 saturated carbocycles. The molecule has 1 atom stereocenters. The summed E-state index contributed by atoms with van der Waals surface area (Å²) < 4.78 is 27.5. The molecule has 2 N–H and O–H groups in total. The van der Waals surface area contributed by atoms with Crippen molar-refractivity contribution in [2.75, 3.05) is 37.6 Å². The van der Waals surface area contributed by atoms with Gasteiger partial charge in [-0.3, -0.25) is 9.69 Å². The van der Waals surface area contributed by atoms with Gasteiger partial charge in [-0.05, 0) is 49.7 Å². The van der Waals surface area contributed by atoms with Gasteiger partial charge in [0.25, 0.3) is 0 Å². The molecule has 1 aliphatic heterocycles. The second kappa shape index (κ2) is 9.01. The van der Waals surface area contributed by atoms with Gasteiger partial charge in [-0.2, -0.15) is 0 Å². The lowest BCUT2D eigenvalue weighted by atomic mass is 10.1. The minimum atomic E-state index is -0.591. The zero-order chi connectivity index (χ0) is 20.1. The van der Waals surface area contributed by atoms with Crippen LogP contribution in [0.1, 0.15) is 12.5 Å². The van der Waals surface area contributed by atoms with Gasteiger partial charge in [0.15, 0.2) is 0 Å². The summed E-state index contributed by atoms with van der Waals surface area (Å²) in [5, 5.41) is 12.2. The maximum Gasteiger partial charge on any atom is 0.234 e. The summed E-state index contributed by atoms with van der Waals surface area (Å²) in [6, 6.07) is 10.5. The van der Waals surface area contributed by atoms with Crippen molar-refractivity contribution in [3.8, 4) is 5.75 Å². The first-order valence-corrected chi connectivity index (χ1v) is 9.41. The molecule has 1 heterocycles. The summed E-state index contributed by atoms with van der Waals surface area (Å²) in [6.07, 6.45) is 0.110. The first-order chi connectivity index (χ1) is 13.4. The number of halogens is 2. The molecule has 1 aliphatic rings. The van der Waals surface area contributed by atoms with Gasteiger partial charge in [-0.25, -0.2) is 8.78 Å². The van der Waals surface area contributed by atoms with Gasteiger partial charge in [-0.15, -0.1) is 0 Å². The molecule has 5 nitrogen and oxygen atoms in total. The minimum absolute atomic E-state index is 0.00203. The lowest BCUT2D eigenvalue weighted by Gasteiger charge is -2.35. The number of benzene rings is 2. The van der Waals surface area contributed by atoms with Gasteiger partial charge in [0.2, 0.25) is 5.91 Å². The van der Waals surface area contributed by atoms with Crippen LogP contribution in [0.2, 0.25) is 0 Å². The number of piperazine rings is 1. The Kier molecular flexibility index (Phi) is 6.46. The molecule has 1 amide bonds. The molecule has 0 spiro atoms. The first-order valence-electron chi connectivity index (χ1n) is 9.41. The second-order valence-electron chi connectivity index (χ2n) is 7.15. The van der Waals surface area contributed by atoms with Gasteiger partial charge in [-0.1, -0.05) is 6.07 Å². The molecule has 1 fully saturated rings. The molecule has 28 heavy (non-hydrogen) atoms. The average Bonchev–Trinajstić information content (AvgIpc) is 2.66. The monoisotopic (exact) mass is 389 g/mol. The number of nitrogens with zero attached hydrogens (tertiary/aromatic N) is 2. The van der Waals surface area contributed by atoms with E-state index in [2.05, 4.69) is 15.1 Å². The van der Waals surface area contributed by atoms with E-state index in [0.717, 1.165) is 31.9 Å². The molecule has 2 aromatic rings. The third-order valence-electron chi connectivity index (χ3n) is 4.93. The number of carbonyl (C=O) groups excluding carboxylic acids is 1. The highest BCUT2D eigenvalue weighted by Crippen LogP contribution is 2.19.